The molecule has 0 fully saturated rings. The molecule has 0 bridgehead atoms. The monoisotopic (exact) mass is 332 g/mol. The van der Waals surface area contributed by atoms with Gasteiger partial charge in [-0.25, -0.2) is 4.79 Å². The van der Waals surface area contributed by atoms with Crippen LogP contribution in [-0.4, -0.2) is 18.4 Å². The molecular weight excluding hydrogens is 319 g/mol. The molecule has 1 rings (SSSR count). The molecular formula is C12H13IO3. The van der Waals surface area contributed by atoms with Gasteiger partial charge in [-0.15, -0.1) is 0 Å². The van der Waals surface area contributed by atoms with Crippen molar-refractivity contribution in [1.29, 1.82) is 0 Å². The lowest BCUT2D eigenvalue weighted by molar-refractivity contribution is -0.116. The minimum Gasteiger partial charge on any atom is -0.462 e. The van der Waals surface area contributed by atoms with Gasteiger partial charge in [-0.3, -0.25) is 4.79 Å². The summed E-state index contributed by atoms with van der Waals surface area (Å²) in [6, 6.07) is 5.34. The lowest BCUT2D eigenvalue weighted by atomic mass is 10.1. The van der Waals surface area contributed by atoms with E-state index in [1.807, 2.05) is 6.07 Å². The second kappa shape index (κ2) is 5.98. The predicted octanol–water partition coefficient (Wildman–Crippen LogP) is 2.60. The molecule has 0 N–H and O–H groups in total. The van der Waals surface area contributed by atoms with Crippen LogP contribution in [0.3, 0.4) is 0 Å². The third kappa shape index (κ3) is 3.59. The minimum atomic E-state index is -0.318. The van der Waals surface area contributed by atoms with Crippen LogP contribution in [0, 0.1) is 3.57 Å². The third-order valence-electron chi connectivity index (χ3n) is 1.98. The molecule has 0 heterocycles. The van der Waals surface area contributed by atoms with Crippen molar-refractivity contribution in [2.24, 2.45) is 0 Å². The van der Waals surface area contributed by atoms with Crippen molar-refractivity contribution in [2.45, 2.75) is 20.3 Å². The Morgan fingerprint density at radius 1 is 1.38 bits per heavy atom. The lowest BCUT2D eigenvalue weighted by Gasteiger charge is -2.06. The SMILES string of the molecule is CCOC(=O)c1ccc(CC(C)=O)cc1I. The second-order valence-corrected chi connectivity index (χ2v) is 4.58. The summed E-state index contributed by atoms with van der Waals surface area (Å²) >= 11 is 2.08. The highest BCUT2D eigenvalue weighted by Gasteiger charge is 2.11. The number of halogens is 1. The van der Waals surface area contributed by atoms with Crippen LogP contribution in [0.2, 0.25) is 0 Å². The second-order valence-electron chi connectivity index (χ2n) is 3.41. The van der Waals surface area contributed by atoms with Gasteiger partial charge in [0.05, 0.1) is 12.2 Å². The average molecular weight is 332 g/mol. The molecule has 0 aliphatic rings. The van der Waals surface area contributed by atoms with Gasteiger partial charge in [-0.2, -0.15) is 0 Å². The first kappa shape index (κ1) is 13.2. The van der Waals surface area contributed by atoms with Crippen LogP contribution in [0.25, 0.3) is 0 Å². The van der Waals surface area contributed by atoms with Gasteiger partial charge < -0.3 is 4.74 Å². The van der Waals surface area contributed by atoms with E-state index in [1.54, 1.807) is 26.0 Å². The Kier molecular flexibility index (Phi) is 4.92. The summed E-state index contributed by atoms with van der Waals surface area (Å²) in [4.78, 5) is 22.5. The number of hydrogen-bond donors (Lipinski definition) is 0. The molecule has 86 valence electrons. The van der Waals surface area contributed by atoms with Crippen LogP contribution < -0.4 is 0 Å². The van der Waals surface area contributed by atoms with Gasteiger partial charge in [0.25, 0.3) is 0 Å². The molecule has 0 amide bonds. The van der Waals surface area contributed by atoms with E-state index in [9.17, 15) is 9.59 Å². The zero-order chi connectivity index (χ0) is 12.1. The molecule has 0 radical (unpaired) electrons. The summed E-state index contributed by atoms with van der Waals surface area (Å²) in [5, 5.41) is 0. The number of rotatable bonds is 4. The van der Waals surface area contributed by atoms with Crippen molar-refractivity contribution in [2.75, 3.05) is 6.61 Å². The maximum Gasteiger partial charge on any atom is 0.339 e. The largest absolute Gasteiger partial charge is 0.462 e. The van der Waals surface area contributed by atoms with Gasteiger partial charge in [0.15, 0.2) is 0 Å². The molecule has 1 aromatic rings. The normalized spacial score (nSPS) is 9.94. The van der Waals surface area contributed by atoms with Gasteiger partial charge in [-0.05, 0) is 54.1 Å². The fourth-order valence-electron chi connectivity index (χ4n) is 1.33. The maximum absolute atomic E-state index is 11.5. The summed E-state index contributed by atoms with van der Waals surface area (Å²) in [6.07, 6.45) is 0.402. The van der Waals surface area contributed by atoms with Crippen molar-refractivity contribution in [1.82, 2.24) is 0 Å². The zero-order valence-electron chi connectivity index (χ0n) is 9.25. The molecule has 16 heavy (non-hydrogen) atoms. The number of carbonyl (C=O) groups is 2. The van der Waals surface area contributed by atoms with Gasteiger partial charge >= 0.3 is 5.97 Å². The molecule has 3 nitrogen and oxygen atoms in total. The standard InChI is InChI=1S/C12H13IO3/c1-3-16-12(15)10-5-4-9(6-8(2)14)7-11(10)13/h4-5,7H,3,6H2,1-2H3. The average Bonchev–Trinajstić information content (AvgIpc) is 2.16. The molecule has 0 spiro atoms. The van der Waals surface area contributed by atoms with E-state index < -0.39 is 0 Å². The molecule has 0 saturated carbocycles. The van der Waals surface area contributed by atoms with E-state index in [-0.39, 0.29) is 11.8 Å². The number of carbonyl (C=O) groups excluding carboxylic acids is 2. The molecule has 0 atom stereocenters. The van der Waals surface area contributed by atoms with Gasteiger partial charge in [0.1, 0.15) is 5.78 Å². The van der Waals surface area contributed by atoms with Crippen LogP contribution in [-0.2, 0) is 16.0 Å². The number of ether oxygens (including phenoxy) is 1. The lowest BCUT2D eigenvalue weighted by Crippen LogP contribution is -2.07. The van der Waals surface area contributed by atoms with Crippen LogP contribution >= 0.6 is 22.6 Å². The zero-order valence-corrected chi connectivity index (χ0v) is 11.4. The van der Waals surface area contributed by atoms with Crippen LogP contribution in [0.4, 0.5) is 0 Å². The van der Waals surface area contributed by atoms with Gasteiger partial charge in [0.2, 0.25) is 0 Å². The Morgan fingerprint density at radius 3 is 2.56 bits per heavy atom. The van der Waals surface area contributed by atoms with Crippen molar-refractivity contribution < 1.29 is 14.3 Å². The number of esters is 1. The van der Waals surface area contributed by atoms with Gasteiger partial charge in [0, 0.05) is 9.99 Å². The molecule has 0 aliphatic heterocycles. The van der Waals surface area contributed by atoms with Crippen LogP contribution in [0.15, 0.2) is 18.2 Å². The summed E-state index contributed by atoms with van der Waals surface area (Å²) in [5.74, 6) is -0.207. The number of hydrogen-bond acceptors (Lipinski definition) is 3. The first-order valence-corrected chi connectivity index (χ1v) is 6.07. The fraction of sp³-hybridized carbons (Fsp3) is 0.333. The molecule has 0 aliphatic carbocycles. The predicted molar refractivity (Wildman–Crippen MR) is 69.5 cm³/mol. The van der Waals surface area contributed by atoms with Crippen molar-refractivity contribution in [3.05, 3.63) is 32.9 Å². The van der Waals surface area contributed by atoms with E-state index in [1.165, 1.54) is 0 Å². The first-order valence-electron chi connectivity index (χ1n) is 4.99. The smallest absolute Gasteiger partial charge is 0.339 e. The molecule has 1 aromatic carbocycles. The molecule has 4 heteroatoms. The van der Waals surface area contributed by atoms with Crippen molar-refractivity contribution in [3.8, 4) is 0 Å². The Hall–Kier alpha value is -0.910. The molecule has 0 unspecified atom stereocenters. The number of benzene rings is 1. The van der Waals surface area contributed by atoms with Crippen molar-refractivity contribution in [3.63, 3.8) is 0 Å². The van der Waals surface area contributed by atoms with Gasteiger partial charge in [-0.1, -0.05) is 6.07 Å². The topological polar surface area (TPSA) is 43.4 Å². The third-order valence-corrected chi connectivity index (χ3v) is 2.87. The van der Waals surface area contributed by atoms with E-state index in [2.05, 4.69) is 22.6 Å². The summed E-state index contributed by atoms with van der Waals surface area (Å²) in [7, 11) is 0. The highest BCUT2D eigenvalue weighted by atomic mass is 127. The number of Topliss-reactive ketones (excluding diaryl/α,β-unsaturated/α-hetero) is 1. The number of ketones is 1. The highest BCUT2D eigenvalue weighted by Crippen LogP contribution is 2.16. The van der Waals surface area contributed by atoms with E-state index in [4.69, 9.17) is 4.74 Å². The van der Waals surface area contributed by atoms with Crippen molar-refractivity contribution >= 4 is 34.3 Å². The Morgan fingerprint density at radius 2 is 2.06 bits per heavy atom. The summed E-state index contributed by atoms with van der Waals surface area (Å²) in [5.41, 5.74) is 1.47. The minimum absolute atomic E-state index is 0.111. The van der Waals surface area contributed by atoms with Crippen LogP contribution in [0.5, 0.6) is 0 Å². The van der Waals surface area contributed by atoms with E-state index >= 15 is 0 Å². The molecule has 0 saturated heterocycles. The van der Waals surface area contributed by atoms with E-state index in [0.29, 0.717) is 18.6 Å². The highest BCUT2D eigenvalue weighted by molar-refractivity contribution is 14.1. The van der Waals surface area contributed by atoms with E-state index in [0.717, 1.165) is 9.13 Å². The first-order chi connectivity index (χ1) is 7.54. The fourth-order valence-corrected chi connectivity index (χ4v) is 2.13. The Bertz CT molecular complexity index is 413. The Labute approximate surface area is 108 Å². The Balaban J connectivity index is 2.91. The summed E-state index contributed by atoms with van der Waals surface area (Å²) in [6.45, 7) is 3.69. The summed E-state index contributed by atoms with van der Waals surface area (Å²) < 4.78 is 5.73. The molecule has 0 aromatic heterocycles. The maximum atomic E-state index is 11.5. The quantitative estimate of drug-likeness (QED) is 0.629. The van der Waals surface area contributed by atoms with Crippen LogP contribution in [0.1, 0.15) is 29.8 Å².